The maximum atomic E-state index is 13.3. The normalized spacial score (nSPS) is 12.6. The minimum Gasteiger partial charge on any atom is -0.378 e. The molecule has 0 atom stereocenters. The van der Waals surface area contributed by atoms with E-state index >= 15 is 0 Å². The Morgan fingerprint density at radius 2 is 1.67 bits per heavy atom. The molecule has 0 unspecified atom stereocenters. The lowest BCUT2D eigenvalue weighted by Crippen LogP contribution is -2.36. The predicted molar refractivity (Wildman–Crippen MR) is 141 cm³/mol. The first-order valence-corrected chi connectivity index (χ1v) is 13.2. The Labute approximate surface area is 212 Å². The van der Waals surface area contributed by atoms with Crippen LogP contribution in [0.2, 0.25) is 0 Å². The molecule has 190 valence electrons. The number of hydrogen-bond acceptors (Lipinski definition) is 5. The Balaban J connectivity index is 1.83. The van der Waals surface area contributed by atoms with Crippen LogP contribution in [0.3, 0.4) is 0 Å². The first kappa shape index (κ1) is 25.7. The summed E-state index contributed by atoms with van der Waals surface area (Å²) in [6, 6.07) is 15.4. The maximum absolute atomic E-state index is 13.3. The number of rotatable bonds is 7. The van der Waals surface area contributed by atoms with Crippen LogP contribution < -0.4 is 9.50 Å². The quantitative estimate of drug-likeness (QED) is 0.276. The van der Waals surface area contributed by atoms with Gasteiger partial charge >= 0.3 is 10.1 Å². The van der Waals surface area contributed by atoms with Crippen molar-refractivity contribution in [1.82, 2.24) is 9.38 Å². The van der Waals surface area contributed by atoms with E-state index in [0.717, 1.165) is 35.6 Å². The molecule has 4 aromatic rings. The summed E-state index contributed by atoms with van der Waals surface area (Å²) in [6.07, 6.45) is 2.84. The zero-order chi connectivity index (χ0) is 26.3. The molecule has 2 heterocycles. The number of fused-ring (bicyclic) bond motifs is 1. The van der Waals surface area contributed by atoms with Gasteiger partial charge in [0, 0.05) is 17.3 Å². The van der Waals surface area contributed by atoms with Crippen molar-refractivity contribution >= 4 is 21.6 Å². The molecule has 4 rings (SSSR count). The summed E-state index contributed by atoms with van der Waals surface area (Å²) in [5.41, 5.74) is 2.69. The molecule has 0 amide bonds. The summed E-state index contributed by atoms with van der Waals surface area (Å²) in [5.74, 6) is 0.357. The zero-order valence-electron chi connectivity index (χ0n) is 21.5. The monoisotopic (exact) mass is 509 g/mol. The Kier molecular flexibility index (Phi) is 6.60. The molecule has 0 spiro atoms. The highest BCUT2D eigenvalue weighted by atomic mass is 32.2. The van der Waals surface area contributed by atoms with Crippen molar-refractivity contribution in [3.05, 3.63) is 78.2 Å². The van der Waals surface area contributed by atoms with E-state index in [2.05, 4.69) is 39.9 Å². The average molecular weight is 510 g/mol. The molecule has 2 aromatic heterocycles. The Bertz CT molecular complexity index is 1500. The first-order chi connectivity index (χ1) is 16.7. The number of halogens is 1. The zero-order valence-corrected chi connectivity index (χ0v) is 22.3. The highest BCUT2D eigenvalue weighted by molar-refractivity contribution is 7.87. The fourth-order valence-corrected chi connectivity index (χ4v) is 5.59. The van der Waals surface area contributed by atoms with Gasteiger partial charge in [0.2, 0.25) is 0 Å². The number of benzene rings is 2. The van der Waals surface area contributed by atoms with Gasteiger partial charge in [-0.3, -0.25) is 4.40 Å². The largest absolute Gasteiger partial charge is 0.378 e. The summed E-state index contributed by atoms with van der Waals surface area (Å²) >= 11 is 0. The number of anilines is 1. The standard InChI is InChI=1S/C28H32FN3O3S/c1-19-15-16-32-24(17-19)30-25(26(32)31-28(5,6)18-27(2,3)4)22-9-7-8-10-23(22)35-36(33,34)21-13-11-20(29)12-14-21/h7-17,31H,18H2,1-6H3. The van der Waals surface area contributed by atoms with Crippen LogP contribution in [0, 0.1) is 18.2 Å². The number of nitrogens with zero attached hydrogens (tertiary/aromatic N) is 2. The van der Waals surface area contributed by atoms with Gasteiger partial charge in [0.25, 0.3) is 0 Å². The lowest BCUT2D eigenvalue weighted by Gasteiger charge is -2.34. The van der Waals surface area contributed by atoms with E-state index in [4.69, 9.17) is 9.17 Å². The molecule has 8 heteroatoms. The summed E-state index contributed by atoms with van der Waals surface area (Å²) in [4.78, 5) is 4.74. The molecular weight excluding hydrogens is 477 g/mol. The van der Waals surface area contributed by atoms with Gasteiger partial charge in [-0.25, -0.2) is 9.37 Å². The lowest BCUT2D eigenvalue weighted by atomic mass is 9.82. The number of pyridine rings is 1. The lowest BCUT2D eigenvalue weighted by molar-refractivity contribution is 0.302. The van der Waals surface area contributed by atoms with Crippen molar-refractivity contribution in [2.24, 2.45) is 5.41 Å². The van der Waals surface area contributed by atoms with Gasteiger partial charge in [-0.2, -0.15) is 8.42 Å². The van der Waals surface area contributed by atoms with Crippen molar-refractivity contribution in [2.45, 2.75) is 58.4 Å². The van der Waals surface area contributed by atoms with Crippen LogP contribution in [0.15, 0.2) is 71.8 Å². The van der Waals surface area contributed by atoms with Crippen LogP contribution in [0.1, 0.15) is 46.6 Å². The molecule has 2 aromatic carbocycles. The van der Waals surface area contributed by atoms with Gasteiger partial charge in [-0.1, -0.05) is 32.9 Å². The molecule has 0 radical (unpaired) electrons. The highest BCUT2D eigenvalue weighted by Crippen LogP contribution is 2.39. The molecule has 0 aliphatic rings. The van der Waals surface area contributed by atoms with E-state index < -0.39 is 15.9 Å². The van der Waals surface area contributed by atoms with E-state index in [9.17, 15) is 12.8 Å². The van der Waals surface area contributed by atoms with Crippen LogP contribution >= 0.6 is 0 Å². The average Bonchev–Trinajstić information content (AvgIpc) is 3.08. The second-order valence-electron chi connectivity index (χ2n) is 11.0. The van der Waals surface area contributed by atoms with Gasteiger partial charge < -0.3 is 9.50 Å². The van der Waals surface area contributed by atoms with Crippen molar-refractivity contribution in [3.63, 3.8) is 0 Å². The Morgan fingerprint density at radius 1 is 1.00 bits per heavy atom. The molecule has 0 saturated carbocycles. The molecular formula is C28H32FN3O3S. The number of hydrogen-bond donors (Lipinski definition) is 1. The van der Waals surface area contributed by atoms with Crippen LogP contribution in [0.25, 0.3) is 16.9 Å². The molecule has 1 N–H and O–H groups in total. The van der Waals surface area contributed by atoms with Crippen molar-refractivity contribution in [1.29, 1.82) is 0 Å². The van der Waals surface area contributed by atoms with Crippen LogP contribution in [0.4, 0.5) is 10.2 Å². The SMILES string of the molecule is Cc1ccn2c(NC(C)(C)CC(C)(C)C)c(-c3ccccc3OS(=O)(=O)c3ccc(F)cc3)nc2c1. The molecule has 0 aliphatic carbocycles. The number of aromatic nitrogens is 2. The van der Waals surface area contributed by atoms with Gasteiger partial charge in [-0.05, 0) is 86.7 Å². The molecule has 0 saturated heterocycles. The molecule has 0 fully saturated rings. The molecule has 36 heavy (non-hydrogen) atoms. The second-order valence-corrected chi connectivity index (χ2v) is 12.5. The minimum atomic E-state index is -4.19. The van der Waals surface area contributed by atoms with E-state index in [1.807, 2.05) is 35.7 Å². The Hall–Kier alpha value is -3.39. The number of imidazole rings is 1. The third-order valence-electron chi connectivity index (χ3n) is 5.65. The van der Waals surface area contributed by atoms with Crippen molar-refractivity contribution in [3.8, 4) is 17.0 Å². The topological polar surface area (TPSA) is 72.7 Å². The molecule has 0 aliphatic heterocycles. The fourth-order valence-electron chi connectivity index (χ4n) is 4.65. The van der Waals surface area contributed by atoms with Crippen molar-refractivity contribution in [2.75, 3.05) is 5.32 Å². The summed E-state index contributed by atoms with van der Waals surface area (Å²) in [7, 11) is -4.19. The highest BCUT2D eigenvalue weighted by Gasteiger charge is 2.29. The smallest absolute Gasteiger partial charge is 0.339 e. The second kappa shape index (κ2) is 9.24. The fraction of sp³-hybridized carbons (Fsp3) is 0.321. The third kappa shape index (κ3) is 5.70. The van der Waals surface area contributed by atoms with Gasteiger partial charge in [0.05, 0.1) is 0 Å². The van der Waals surface area contributed by atoms with E-state index in [-0.39, 0.29) is 21.6 Å². The van der Waals surface area contributed by atoms with Crippen LogP contribution in [0.5, 0.6) is 5.75 Å². The maximum Gasteiger partial charge on any atom is 0.339 e. The third-order valence-corrected chi connectivity index (χ3v) is 6.90. The van der Waals surface area contributed by atoms with Crippen molar-refractivity contribution < 1.29 is 17.0 Å². The number of aryl methyl sites for hydroxylation is 1. The number of para-hydroxylation sites is 1. The summed E-state index contributed by atoms with van der Waals surface area (Å²) in [5, 5.41) is 3.67. The van der Waals surface area contributed by atoms with Gasteiger partial charge in [-0.15, -0.1) is 0 Å². The Morgan fingerprint density at radius 3 is 2.33 bits per heavy atom. The first-order valence-electron chi connectivity index (χ1n) is 11.8. The summed E-state index contributed by atoms with van der Waals surface area (Å²) < 4.78 is 46.9. The minimum absolute atomic E-state index is 0.0813. The predicted octanol–water partition coefficient (Wildman–Crippen LogP) is 6.84. The van der Waals surface area contributed by atoms with Crippen LogP contribution in [-0.4, -0.2) is 23.3 Å². The number of nitrogens with one attached hydrogen (secondary N) is 1. The molecule has 6 nitrogen and oxygen atoms in total. The molecule has 0 bridgehead atoms. The summed E-state index contributed by atoms with van der Waals surface area (Å²) in [6.45, 7) is 12.8. The van der Waals surface area contributed by atoms with E-state index in [0.29, 0.717) is 11.3 Å². The van der Waals surface area contributed by atoms with Gasteiger partial charge in [0.15, 0.2) is 5.75 Å². The van der Waals surface area contributed by atoms with Gasteiger partial charge in [0.1, 0.15) is 27.9 Å². The van der Waals surface area contributed by atoms with Crippen LogP contribution in [-0.2, 0) is 10.1 Å². The van der Waals surface area contributed by atoms with E-state index in [1.54, 1.807) is 18.2 Å². The van der Waals surface area contributed by atoms with E-state index in [1.165, 1.54) is 12.1 Å².